The molecule has 0 spiro atoms. The summed E-state index contributed by atoms with van der Waals surface area (Å²) in [4.78, 5) is 37.0. The molecule has 3 atom stereocenters. The smallest absolute Gasteiger partial charge is 0.255 e. The molecule has 2 aliphatic rings. The zero-order chi connectivity index (χ0) is 26.1. The van der Waals surface area contributed by atoms with Gasteiger partial charge in [0.2, 0.25) is 5.91 Å². The molecule has 0 saturated heterocycles. The van der Waals surface area contributed by atoms with Crippen molar-refractivity contribution in [2.75, 3.05) is 13.2 Å². The number of carbonyl (C=O) groups is 2. The van der Waals surface area contributed by atoms with Gasteiger partial charge in [-0.05, 0) is 69.1 Å². The molecule has 0 bridgehead atoms. The number of hydrogen-bond donors (Lipinski definition) is 4. The summed E-state index contributed by atoms with van der Waals surface area (Å²) in [7, 11) is 0. The molecule has 0 aliphatic heterocycles. The van der Waals surface area contributed by atoms with E-state index in [0.717, 1.165) is 12.8 Å². The number of fused-ring (bicyclic) bond motifs is 1. The number of carbonyl (C=O) groups excluding carboxylic acids is 2. The van der Waals surface area contributed by atoms with Crippen molar-refractivity contribution in [2.24, 2.45) is 11.8 Å². The third-order valence-electron chi connectivity index (χ3n) is 7.36. The van der Waals surface area contributed by atoms with E-state index in [4.69, 9.17) is 9.84 Å². The predicted molar refractivity (Wildman–Crippen MR) is 136 cm³/mol. The highest BCUT2D eigenvalue weighted by Gasteiger charge is 2.31. The van der Waals surface area contributed by atoms with Crippen LogP contribution in [-0.2, 0) is 4.79 Å². The number of amides is 2. The van der Waals surface area contributed by atoms with Crippen LogP contribution in [0.15, 0.2) is 24.5 Å². The number of ether oxygens (including phenoxy) is 1. The Labute approximate surface area is 214 Å². The van der Waals surface area contributed by atoms with Crippen molar-refractivity contribution in [3.63, 3.8) is 0 Å². The standard InChI is InChI=1S/C27H32FN5O4/c1-14-9-18(6-7-20(14)33-22(35)11-34)32-27(36)23-15(2)31-26-24(29-13-30-25(23)26)19-10-17(28)5-8-21(19)37-12-16-3-4-16/h5,8,10,13-14,16,18,20,31,34H,3-4,6-7,9,11-12H2,1-2H3,(H,32,36)(H,33,35)/t14-,18-,20+/m1/s1. The molecular formula is C27H32FN5O4. The van der Waals surface area contributed by atoms with E-state index in [1.165, 1.54) is 18.5 Å². The number of nitrogens with one attached hydrogen (secondary N) is 3. The average Bonchev–Trinajstić information content (AvgIpc) is 3.64. The van der Waals surface area contributed by atoms with Crippen LogP contribution in [0.1, 0.15) is 55.1 Å². The summed E-state index contributed by atoms with van der Waals surface area (Å²) < 4.78 is 20.3. The molecule has 10 heteroatoms. The van der Waals surface area contributed by atoms with Crippen molar-refractivity contribution in [3.8, 4) is 17.0 Å². The van der Waals surface area contributed by atoms with Crippen LogP contribution in [0.3, 0.4) is 0 Å². The highest BCUT2D eigenvalue weighted by atomic mass is 19.1. The monoisotopic (exact) mass is 509 g/mol. The lowest BCUT2D eigenvalue weighted by atomic mass is 9.82. The van der Waals surface area contributed by atoms with Crippen LogP contribution in [0.2, 0.25) is 0 Å². The number of hydrogen-bond acceptors (Lipinski definition) is 6. The fraction of sp³-hybridized carbons (Fsp3) is 0.481. The lowest BCUT2D eigenvalue weighted by molar-refractivity contribution is -0.125. The Morgan fingerprint density at radius 2 is 2.00 bits per heavy atom. The van der Waals surface area contributed by atoms with E-state index < -0.39 is 12.4 Å². The molecule has 37 heavy (non-hydrogen) atoms. The van der Waals surface area contributed by atoms with Crippen LogP contribution >= 0.6 is 0 Å². The van der Waals surface area contributed by atoms with Crippen molar-refractivity contribution in [2.45, 2.75) is 58.0 Å². The zero-order valence-corrected chi connectivity index (χ0v) is 21.0. The third kappa shape index (κ3) is 5.44. The summed E-state index contributed by atoms with van der Waals surface area (Å²) in [5.74, 6) is 0.202. The number of aromatic amines is 1. The molecule has 0 unspecified atom stereocenters. The summed E-state index contributed by atoms with van der Waals surface area (Å²) in [6.45, 7) is 3.88. The van der Waals surface area contributed by atoms with Gasteiger partial charge in [-0.15, -0.1) is 0 Å². The van der Waals surface area contributed by atoms with Gasteiger partial charge in [0.25, 0.3) is 5.91 Å². The summed E-state index contributed by atoms with van der Waals surface area (Å²) >= 11 is 0. The average molecular weight is 510 g/mol. The van der Waals surface area contributed by atoms with Gasteiger partial charge in [0.15, 0.2) is 0 Å². The molecule has 4 N–H and O–H groups in total. The van der Waals surface area contributed by atoms with E-state index in [0.29, 0.717) is 71.1 Å². The number of H-pyrrole nitrogens is 1. The first-order valence-electron chi connectivity index (χ1n) is 12.8. The minimum absolute atomic E-state index is 0.0273. The lowest BCUT2D eigenvalue weighted by Crippen LogP contribution is -2.48. The van der Waals surface area contributed by atoms with E-state index in [9.17, 15) is 14.0 Å². The molecular weight excluding hydrogens is 477 g/mol. The minimum atomic E-state index is -0.531. The molecule has 2 saturated carbocycles. The maximum Gasteiger partial charge on any atom is 0.255 e. The topological polar surface area (TPSA) is 129 Å². The van der Waals surface area contributed by atoms with E-state index in [2.05, 4.69) is 25.6 Å². The molecule has 2 fully saturated rings. The fourth-order valence-electron chi connectivity index (χ4n) is 5.16. The third-order valence-corrected chi connectivity index (χ3v) is 7.36. The molecule has 0 radical (unpaired) electrons. The SMILES string of the molecule is Cc1[nH]c2c(-c3cc(F)ccc3OCC3CC3)ncnc2c1C(=O)N[C@@H]1CC[C@H](NC(=O)CO)[C@H](C)C1. The van der Waals surface area contributed by atoms with Crippen molar-refractivity contribution in [3.05, 3.63) is 41.6 Å². The molecule has 5 rings (SSSR count). The lowest BCUT2D eigenvalue weighted by Gasteiger charge is -2.34. The van der Waals surface area contributed by atoms with Crippen LogP contribution < -0.4 is 15.4 Å². The second-order valence-electron chi connectivity index (χ2n) is 10.3. The Balaban J connectivity index is 1.38. The zero-order valence-electron chi connectivity index (χ0n) is 21.0. The first-order chi connectivity index (χ1) is 17.8. The Bertz CT molecular complexity index is 1320. The van der Waals surface area contributed by atoms with Crippen LogP contribution in [0, 0.1) is 24.6 Å². The van der Waals surface area contributed by atoms with Gasteiger partial charge in [-0.2, -0.15) is 0 Å². The maximum atomic E-state index is 14.3. The summed E-state index contributed by atoms with van der Waals surface area (Å²) in [6.07, 6.45) is 5.78. The van der Waals surface area contributed by atoms with Crippen LogP contribution in [0.5, 0.6) is 5.75 Å². The van der Waals surface area contributed by atoms with Gasteiger partial charge < -0.3 is 25.5 Å². The first-order valence-corrected chi connectivity index (χ1v) is 12.8. The maximum absolute atomic E-state index is 14.3. The number of halogens is 1. The van der Waals surface area contributed by atoms with Gasteiger partial charge in [-0.25, -0.2) is 14.4 Å². The minimum Gasteiger partial charge on any atom is -0.493 e. The summed E-state index contributed by atoms with van der Waals surface area (Å²) in [5, 5.41) is 15.0. The Kier molecular flexibility index (Phi) is 7.10. The molecule has 1 aromatic carbocycles. The Morgan fingerprint density at radius 3 is 2.73 bits per heavy atom. The number of aliphatic hydroxyl groups is 1. The number of aliphatic hydroxyl groups excluding tert-OH is 1. The molecule has 2 heterocycles. The fourth-order valence-corrected chi connectivity index (χ4v) is 5.16. The van der Waals surface area contributed by atoms with E-state index in [1.807, 2.05) is 6.92 Å². The van der Waals surface area contributed by atoms with Crippen LogP contribution in [0.4, 0.5) is 4.39 Å². The van der Waals surface area contributed by atoms with Gasteiger partial charge in [-0.1, -0.05) is 6.92 Å². The Hall–Kier alpha value is -3.53. The number of aromatic nitrogens is 3. The quantitative estimate of drug-likeness (QED) is 0.369. The number of benzene rings is 1. The molecule has 3 aromatic rings. The number of aryl methyl sites for hydroxylation is 1. The van der Waals surface area contributed by atoms with Crippen molar-refractivity contribution >= 4 is 22.8 Å². The van der Waals surface area contributed by atoms with Crippen molar-refractivity contribution < 1.29 is 23.8 Å². The molecule has 2 aliphatic carbocycles. The normalized spacial score (nSPS) is 21.6. The van der Waals surface area contributed by atoms with Gasteiger partial charge in [0.1, 0.15) is 35.7 Å². The summed E-state index contributed by atoms with van der Waals surface area (Å²) in [6, 6.07) is 4.30. The molecule has 9 nitrogen and oxygen atoms in total. The highest BCUT2D eigenvalue weighted by molar-refractivity contribution is 6.09. The second kappa shape index (κ2) is 10.5. The van der Waals surface area contributed by atoms with Crippen molar-refractivity contribution in [1.29, 1.82) is 0 Å². The number of nitrogens with zero attached hydrogens (tertiary/aromatic N) is 2. The van der Waals surface area contributed by atoms with E-state index >= 15 is 0 Å². The van der Waals surface area contributed by atoms with Crippen LogP contribution in [-0.4, -0.2) is 57.2 Å². The van der Waals surface area contributed by atoms with Gasteiger partial charge in [0, 0.05) is 23.3 Å². The van der Waals surface area contributed by atoms with Gasteiger partial charge in [0.05, 0.1) is 17.7 Å². The van der Waals surface area contributed by atoms with E-state index in [-0.39, 0.29) is 29.8 Å². The number of rotatable bonds is 8. The second-order valence-corrected chi connectivity index (χ2v) is 10.3. The summed E-state index contributed by atoms with van der Waals surface area (Å²) in [5.41, 5.74) is 3.08. The van der Waals surface area contributed by atoms with Gasteiger partial charge >= 0.3 is 0 Å². The molecule has 196 valence electrons. The van der Waals surface area contributed by atoms with Gasteiger partial charge in [-0.3, -0.25) is 9.59 Å². The largest absolute Gasteiger partial charge is 0.493 e. The Morgan fingerprint density at radius 1 is 1.19 bits per heavy atom. The highest BCUT2D eigenvalue weighted by Crippen LogP contribution is 2.37. The first kappa shape index (κ1) is 25.1. The van der Waals surface area contributed by atoms with E-state index in [1.54, 1.807) is 13.0 Å². The molecule has 2 aromatic heterocycles. The predicted octanol–water partition coefficient (Wildman–Crippen LogP) is 3.26. The molecule has 2 amide bonds. The van der Waals surface area contributed by atoms with Crippen LogP contribution in [0.25, 0.3) is 22.3 Å². The van der Waals surface area contributed by atoms with Crippen molar-refractivity contribution in [1.82, 2.24) is 25.6 Å².